The molecule has 0 bridgehead atoms. The minimum atomic E-state index is -0.460. The Morgan fingerprint density at radius 3 is 2.61 bits per heavy atom. The second-order valence-electron chi connectivity index (χ2n) is 4.97. The van der Waals surface area contributed by atoms with Gasteiger partial charge in [-0.1, -0.05) is 18.7 Å². The second-order valence-corrected chi connectivity index (χ2v) is 4.97. The first-order valence-corrected chi connectivity index (χ1v) is 7.29. The van der Waals surface area contributed by atoms with Crippen LogP contribution in [0.3, 0.4) is 0 Å². The predicted molar refractivity (Wildman–Crippen MR) is 87.5 cm³/mol. The van der Waals surface area contributed by atoms with Gasteiger partial charge in [0.05, 0.1) is 13.7 Å². The zero-order valence-corrected chi connectivity index (χ0v) is 13.6. The topological polar surface area (TPSA) is 61.8 Å². The van der Waals surface area contributed by atoms with Crippen LogP contribution in [-0.4, -0.2) is 25.7 Å². The molecule has 1 rings (SSSR count). The molecule has 0 saturated carbocycles. The molecule has 0 aliphatic carbocycles. The fourth-order valence-electron chi connectivity index (χ4n) is 1.77. The molecule has 0 fully saturated rings. The van der Waals surface area contributed by atoms with E-state index in [-0.39, 0.29) is 13.0 Å². The van der Waals surface area contributed by atoms with Gasteiger partial charge in [-0.3, -0.25) is 4.79 Å². The Kier molecular flexibility index (Phi) is 7.60. The van der Waals surface area contributed by atoms with E-state index in [0.29, 0.717) is 29.9 Å². The van der Waals surface area contributed by atoms with Crippen molar-refractivity contribution in [3.8, 4) is 11.5 Å². The molecule has 0 aliphatic heterocycles. The van der Waals surface area contributed by atoms with E-state index in [1.54, 1.807) is 25.1 Å². The van der Waals surface area contributed by atoms with Crippen molar-refractivity contribution in [3.05, 3.63) is 48.6 Å². The fourth-order valence-corrected chi connectivity index (χ4v) is 1.77. The van der Waals surface area contributed by atoms with Crippen LogP contribution in [0.15, 0.2) is 43.0 Å². The molecule has 124 valence electrons. The summed E-state index contributed by atoms with van der Waals surface area (Å²) in [4.78, 5) is 23.0. The number of carbonyl (C=O) groups excluding carboxylic acids is 2. The highest BCUT2D eigenvalue weighted by atomic mass is 16.6. The predicted octanol–water partition coefficient (Wildman–Crippen LogP) is 3.23. The van der Waals surface area contributed by atoms with Crippen LogP contribution in [0, 0.1) is 0 Å². The standard InChI is InChI=1S/C18H22O5/c1-5-7-14-9-10-15(16(12-14)21-4)23-17(19)8-6-11-22-18(20)13(2)3/h5,9-10,12H,1-2,6-8,11H2,3-4H3. The molecule has 0 N–H and O–H groups in total. The first kappa shape index (κ1) is 18.5. The molecule has 23 heavy (non-hydrogen) atoms. The van der Waals surface area contributed by atoms with Gasteiger partial charge in [0.25, 0.3) is 0 Å². The Morgan fingerprint density at radius 1 is 1.26 bits per heavy atom. The van der Waals surface area contributed by atoms with E-state index >= 15 is 0 Å². The summed E-state index contributed by atoms with van der Waals surface area (Å²) in [6.07, 6.45) is 3.02. The summed E-state index contributed by atoms with van der Waals surface area (Å²) in [5, 5.41) is 0. The van der Waals surface area contributed by atoms with Crippen molar-refractivity contribution in [1.82, 2.24) is 0 Å². The SMILES string of the molecule is C=CCc1ccc(OC(=O)CCCOC(=O)C(=C)C)c(OC)c1. The van der Waals surface area contributed by atoms with Crippen LogP contribution >= 0.6 is 0 Å². The van der Waals surface area contributed by atoms with Crippen molar-refractivity contribution in [2.75, 3.05) is 13.7 Å². The van der Waals surface area contributed by atoms with Gasteiger partial charge in [-0.25, -0.2) is 4.79 Å². The summed E-state index contributed by atoms with van der Waals surface area (Å²) in [5.74, 6) is -0.0142. The first-order chi connectivity index (χ1) is 11.0. The van der Waals surface area contributed by atoms with Crippen LogP contribution in [0.25, 0.3) is 0 Å². The summed E-state index contributed by atoms with van der Waals surface area (Å²) in [5.41, 5.74) is 1.35. The number of rotatable bonds is 9. The van der Waals surface area contributed by atoms with E-state index < -0.39 is 11.9 Å². The number of ether oxygens (including phenoxy) is 3. The lowest BCUT2D eigenvalue weighted by Gasteiger charge is -2.10. The zero-order chi connectivity index (χ0) is 17.2. The van der Waals surface area contributed by atoms with Crippen molar-refractivity contribution >= 4 is 11.9 Å². The molecule has 0 unspecified atom stereocenters. The molecule has 0 heterocycles. The van der Waals surface area contributed by atoms with Gasteiger partial charge in [0, 0.05) is 12.0 Å². The van der Waals surface area contributed by atoms with Crippen LogP contribution < -0.4 is 9.47 Å². The Balaban J connectivity index is 2.49. The Labute approximate surface area is 136 Å². The highest BCUT2D eigenvalue weighted by Crippen LogP contribution is 2.28. The van der Waals surface area contributed by atoms with E-state index in [4.69, 9.17) is 14.2 Å². The van der Waals surface area contributed by atoms with Gasteiger partial charge in [-0.05, 0) is 37.5 Å². The van der Waals surface area contributed by atoms with Gasteiger partial charge in [-0.2, -0.15) is 0 Å². The summed E-state index contributed by atoms with van der Waals surface area (Å²) < 4.78 is 15.4. The fraction of sp³-hybridized carbons (Fsp3) is 0.333. The molecule has 5 heteroatoms. The molecule has 5 nitrogen and oxygen atoms in total. The molecular weight excluding hydrogens is 296 g/mol. The minimum absolute atomic E-state index is 0.140. The second kappa shape index (κ2) is 9.46. The summed E-state index contributed by atoms with van der Waals surface area (Å²) in [6, 6.07) is 5.34. The molecule has 0 atom stereocenters. The quantitative estimate of drug-likeness (QED) is 0.230. The van der Waals surface area contributed by atoms with Crippen LogP contribution in [-0.2, 0) is 20.7 Å². The summed E-state index contributed by atoms with van der Waals surface area (Å²) in [7, 11) is 1.52. The molecule has 0 spiro atoms. The van der Waals surface area contributed by atoms with Gasteiger partial charge in [0.1, 0.15) is 0 Å². The van der Waals surface area contributed by atoms with Gasteiger partial charge >= 0.3 is 11.9 Å². The van der Waals surface area contributed by atoms with Crippen molar-refractivity contribution in [3.63, 3.8) is 0 Å². The monoisotopic (exact) mass is 318 g/mol. The lowest BCUT2D eigenvalue weighted by Crippen LogP contribution is -2.12. The van der Waals surface area contributed by atoms with Gasteiger partial charge in [-0.15, -0.1) is 6.58 Å². The lowest BCUT2D eigenvalue weighted by molar-refractivity contribution is -0.141. The number of hydrogen-bond donors (Lipinski definition) is 0. The lowest BCUT2D eigenvalue weighted by atomic mass is 10.1. The number of methoxy groups -OCH3 is 1. The van der Waals surface area contributed by atoms with Crippen molar-refractivity contribution in [1.29, 1.82) is 0 Å². The maximum atomic E-state index is 11.8. The molecule has 1 aromatic carbocycles. The smallest absolute Gasteiger partial charge is 0.333 e. The maximum absolute atomic E-state index is 11.8. The van der Waals surface area contributed by atoms with Crippen LogP contribution in [0.4, 0.5) is 0 Å². The molecule has 0 aromatic heterocycles. The average molecular weight is 318 g/mol. The Bertz CT molecular complexity index is 589. The van der Waals surface area contributed by atoms with Crippen molar-refractivity contribution in [2.24, 2.45) is 0 Å². The van der Waals surface area contributed by atoms with Crippen molar-refractivity contribution in [2.45, 2.75) is 26.2 Å². The molecule has 0 amide bonds. The molecule has 0 aliphatic rings. The molecule has 1 aromatic rings. The van der Waals surface area contributed by atoms with Crippen LogP contribution in [0.2, 0.25) is 0 Å². The number of esters is 2. The third-order valence-corrected chi connectivity index (χ3v) is 2.94. The number of allylic oxidation sites excluding steroid dienone is 1. The minimum Gasteiger partial charge on any atom is -0.493 e. The van der Waals surface area contributed by atoms with Crippen molar-refractivity contribution < 1.29 is 23.8 Å². The van der Waals surface area contributed by atoms with Crippen LogP contribution in [0.1, 0.15) is 25.3 Å². The Morgan fingerprint density at radius 2 is 2.00 bits per heavy atom. The zero-order valence-electron chi connectivity index (χ0n) is 13.6. The Hall–Kier alpha value is -2.56. The maximum Gasteiger partial charge on any atom is 0.333 e. The van der Waals surface area contributed by atoms with Crippen LogP contribution in [0.5, 0.6) is 11.5 Å². The number of carbonyl (C=O) groups is 2. The normalized spacial score (nSPS) is 9.83. The van der Waals surface area contributed by atoms with E-state index in [0.717, 1.165) is 5.56 Å². The number of benzene rings is 1. The summed E-state index contributed by atoms with van der Waals surface area (Å²) >= 11 is 0. The average Bonchev–Trinajstić information content (AvgIpc) is 2.52. The van der Waals surface area contributed by atoms with Gasteiger partial charge in [0.2, 0.25) is 0 Å². The molecular formula is C18H22O5. The van der Waals surface area contributed by atoms with E-state index in [2.05, 4.69) is 13.2 Å². The van der Waals surface area contributed by atoms with E-state index in [9.17, 15) is 9.59 Å². The molecule has 0 saturated heterocycles. The third kappa shape index (κ3) is 6.38. The van der Waals surface area contributed by atoms with E-state index in [1.165, 1.54) is 7.11 Å². The third-order valence-electron chi connectivity index (χ3n) is 2.94. The molecule has 0 radical (unpaired) electrons. The van der Waals surface area contributed by atoms with Gasteiger partial charge < -0.3 is 14.2 Å². The summed E-state index contributed by atoms with van der Waals surface area (Å²) in [6.45, 7) is 8.88. The van der Waals surface area contributed by atoms with Gasteiger partial charge in [0.15, 0.2) is 11.5 Å². The largest absolute Gasteiger partial charge is 0.493 e. The highest BCUT2D eigenvalue weighted by molar-refractivity contribution is 5.86. The van der Waals surface area contributed by atoms with E-state index in [1.807, 2.05) is 6.07 Å². The first-order valence-electron chi connectivity index (χ1n) is 7.29. The highest BCUT2D eigenvalue weighted by Gasteiger charge is 2.11. The number of hydrogen-bond acceptors (Lipinski definition) is 5.